The molecule has 0 saturated carbocycles. The molecule has 0 N–H and O–H groups in total. The molecule has 1 aliphatic rings. The van der Waals surface area contributed by atoms with E-state index < -0.39 is 0 Å². The molecule has 4 nitrogen and oxygen atoms in total. The lowest BCUT2D eigenvalue weighted by atomic mass is 9.81. The SMILES string of the molecule is CC1(C)c2cc3ccccc3cc2-c2c(-c3cc(-c4ccc(-c5cccc6oc7cc8c(cc7c56)oc5ccccc58)c5ccccc45)nc(-c4ccccc4)n3)cccc21. The van der Waals surface area contributed by atoms with Gasteiger partial charge in [0, 0.05) is 43.7 Å². The van der Waals surface area contributed by atoms with Gasteiger partial charge in [-0.05, 0) is 97.4 Å². The van der Waals surface area contributed by atoms with E-state index in [4.69, 9.17) is 18.8 Å². The molecule has 61 heavy (non-hydrogen) atoms. The topological polar surface area (TPSA) is 52.1 Å². The lowest BCUT2D eigenvalue weighted by molar-refractivity contribution is 0.661. The zero-order valence-electron chi connectivity index (χ0n) is 33.5. The Morgan fingerprint density at radius 2 is 0.984 bits per heavy atom. The van der Waals surface area contributed by atoms with Gasteiger partial charge < -0.3 is 8.83 Å². The molecule has 13 rings (SSSR count). The summed E-state index contributed by atoms with van der Waals surface area (Å²) in [5, 5.41) is 9.00. The fourth-order valence-electron chi connectivity index (χ4n) is 10.2. The normalized spacial score (nSPS) is 13.2. The predicted octanol–water partition coefficient (Wildman–Crippen LogP) is 15.6. The Balaban J connectivity index is 1.02. The van der Waals surface area contributed by atoms with Crippen molar-refractivity contribution in [3.05, 3.63) is 193 Å². The summed E-state index contributed by atoms with van der Waals surface area (Å²) < 4.78 is 12.9. The Morgan fingerprint density at radius 3 is 1.82 bits per heavy atom. The maximum Gasteiger partial charge on any atom is 0.160 e. The first-order valence-corrected chi connectivity index (χ1v) is 20.9. The number of furan rings is 2. The van der Waals surface area contributed by atoms with Gasteiger partial charge in [0.15, 0.2) is 5.82 Å². The van der Waals surface area contributed by atoms with Crippen LogP contribution in [0.2, 0.25) is 0 Å². The average Bonchev–Trinajstić information content (AvgIpc) is 3.93. The Morgan fingerprint density at radius 1 is 0.377 bits per heavy atom. The molecule has 0 spiro atoms. The van der Waals surface area contributed by atoms with Crippen LogP contribution in [0.25, 0.3) is 122 Å². The largest absolute Gasteiger partial charge is 0.456 e. The molecule has 0 aliphatic heterocycles. The van der Waals surface area contributed by atoms with Gasteiger partial charge in [0.2, 0.25) is 0 Å². The first kappa shape index (κ1) is 34.1. The second kappa shape index (κ2) is 12.6. The van der Waals surface area contributed by atoms with Crippen molar-refractivity contribution in [3.63, 3.8) is 0 Å². The minimum Gasteiger partial charge on any atom is -0.456 e. The minimum absolute atomic E-state index is 0.171. The van der Waals surface area contributed by atoms with Crippen LogP contribution in [0.15, 0.2) is 191 Å². The number of rotatable bonds is 4. The van der Waals surface area contributed by atoms with Gasteiger partial charge >= 0.3 is 0 Å². The van der Waals surface area contributed by atoms with Gasteiger partial charge in [-0.25, -0.2) is 9.97 Å². The van der Waals surface area contributed by atoms with Crippen LogP contribution in [0.5, 0.6) is 0 Å². The Bertz CT molecular complexity index is 3800. The quantitative estimate of drug-likeness (QED) is 0.178. The van der Waals surface area contributed by atoms with Crippen molar-refractivity contribution in [1.29, 1.82) is 0 Å². The van der Waals surface area contributed by atoms with E-state index in [2.05, 4.69) is 172 Å². The van der Waals surface area contributed by atoms with Crippen LogP contribution in [0.1, 0.15) is 25.0 Å². The molecule has 0 bridgehead atoms. The Kier molecular flexibility index (Phi) is 7.04. The van der Waals surface area contributed by atoms with Gasteiger partial charge in [-0.3, -0.25) is 0 Å². The lowest BCUT2D eigenvalue weighted by Gasteiger charge is -2.22. The Labute approximate surface area is 351 Å². The highest BCUT2D eigenvalue weighted by Crippen LogP contribution is 2.53. The number of hydrogen-bond donors (Lipinski definition) is 0. The van der Waals surface area contributed by atoms with Crippen LogP contribution in [0.4, 0.5) is 0 Å². The van der Waals surface area contributed by atoms with Gasteiger partial charge in [0.1, 0.15) is 22.3 Å². The fourth-order valence-corrected chi connectivity index (χ4v) is 10.2. The highest BCUT2D eigenvalue weighted by molar-refractivity contribution is 6.20. The van der Waals surface area contributed by atoms with E-state index in [1.54, 1.807) is 0 Å². The summed E-state index contributed by atoms with van der Waals surface area (Å²) in [6.45, 7) is 4.69. The van der Waals surface area contributed by atoms with Crippen LogP contribution >= 0.6 is 0 Å². The smallest absolute Gasteiger partial charge is 0.160 e. The van der Waals surface area contributed by atoms with Gasteiger partial charge in [0.05, 0.1) is 11.4 Å². The molecule has 0 saturated heterocycles. The van der Waals surface area contributed by atoms with Crippen LogP contribution in [0.3, 0.4) is 0 Å². The molecule has 0 unspecified atom stereocenters. The molecular formula is C57H36N2O2. The summed E-state index contributed by atoms with van der Waals surface area (Å²) in [7, 11) is 0. The molecule has 0 amide bonds. The van der Waals surface area contributed by atoms with E-state index in [-0.39, 0.29) is 5.41 Å². The molecule has 3 heterocycles. The number of fused-ring (bicyclic) bond motifs is 11. The molecular weight excluding hydrogens is 745 g/mol. The van der Waals surface area contributed by atoms with Gasteiger partial charge in [-0.15, -0.1) is 0 Å². The third kappa shape index (κ3) is 5.00. The van der Waals surface area contributed by atoms with E-state index in [1.807, 2.05) is 24.3 Å². The Hall–Kier alpha value is -7.82. The molecule has 12 aromatic rings. The number of para-hydroxylation sites is 1. The molecule has 3 aromatic heterocycles. The van der Waals surface area contributed by atoms with Gasteiger partial charge in [-0.2, -0.15) is 0 Å². The molecule has 0 atom stereocenters. The fraction of sp³-hybridized carbons (Fsp3) is 0.0526. The second-order valence-corrected chi connectivity index (χ2v) is 16.9. The van der Waals surface area contributed by atoms with Crippen LogP contribution in [0, 0.1) is 0 Å². The minimum atomic E-state index is -0.171. The molecule has 0 radical (unpaired) electrons. The van der Waals surface area contributed by atoms with Crippen molar-refractivity contribution >= 4 is 65.4 Å². The van der Waals surface area contributed by atoms with E-state index in [1.165, 1.54) is 33.0 Å². The molecule has 286 valence electrons. The lowest BCUT2D eigenvalue weighted by Crippen LogP contribution is -2.14. The summed E-state index contributed by atoms with van der Waals surface area (Å²) in [6, 6.07) is 64.6. The van der Waals surface area contributed by atoms with E-state index >= 15 is 0 Å². The summed E-state index contributed by atoms with van der Waals surface area (Å²) in [5.74, 6) is 0.696. The van der Waals surface area contributed by atoms with Gasteiger partial charge in [0.25, 0.3) is 0 Å². The third-order valence-corrected chi connectivity index (χ3v) is 13.1. The van der Waals surface area contributed by atoms with E-state index in [9.17, 15) is 0 Å². The van der Waals surface area contributed by atoms with Crippen LogP contribution in [-0.4, -0.2) is 9.97 Å². The molecule has 1 aliphatic carbocycles. The van der Waals surface area contributed by atoms with Crippen molar-refractivity contribution in [3.8, 4) is 56.2 Å². The summed E-state index contributed by atoms with van der Waals surface area (Å²) >= 11 is 0. The van der Waals surface area contributed by atoms with E-state index in [0.717, 1.165) is 93.9 Å². The average molecular weight is 781 g/mol. The number of nitrogens with zero attached hydrogens (tertiary/aromatic N) is 2. The predicted molar refractivity (Wildman–Crippen MR) is 251 cm³/mol. The maximum atomic E-state index is 6.59. The summed E-state index contributed by atoms with van der Waals surface area (Å²) in [6.07, 6.45) is 0. The van der Waals surface area contributed by atoms with Crippen molar-refractivity contribution in [2.75, 3.05) is 0 Å². The highest BCUT2D eigenvalue weighted by Gasteiger charge is 2.37. The third-order valence-electron chi connectivity index (χ3n) is 13.1. The summed E-state index contributed by atoms with van der Waals surface area (Å²) in [5.41, 5.74) is 15.6. The number of benzene rings is 9. The van der Waals surface area contributed by atoms with Crippen molar-refractivity contribution in [2.24, 2.45) is 0 Å². The van der Waals surface area contributed by atoms with Crippen molar-refractivity contribution < 1.29 is 8.83 Å². The van der Waals surface area contributed by atoms with Crippen LogP contribution < -0.4 is 0 Å². The standard InChI is InChI=1S/C57H36N2O2/c1-57(2)46-23-12-22-42(54(46)44-28-34-16-6-7-17-35(34)29-47(44)57)49-32-48(58-56(59-49)33-14-4-3-5-15-33)39-27-26-38(36-18-8-9-19-37(36)39)41-21-13-25-51-55(41)45-31-52-43(30-53(45)61-51)40-20-10-11-24-50(40)60-52/h3-32H,1-2H3. The second-order valence-electron chi connectivity index (χ2n) is 16.9. The number of hydrogen-bond acceptors (Lipinski definition) is 4. The summed E-state index contributed by atoms with van der Waals surface area (Å²) in [4.78, 5) is 10.7. The molecule has 9 aromatic carbocycles. The first-order valence-electron chi connectivity index (χ1n) is 20.9. The van der Waals surface area contributed by atoms with E-state index in [0.29, 0.717) is 5.82 Å². The number of aromatic nitrogens is 2. The van der Waals surface area contributed by atoms with Gasteiger partial charge in [-0.1, -0.05) is 153 Å². The zero-order chi connectivity index (χ0) is 40.4. The van der Waals surface area contributed by atoms with Crippen molar-refractivity contribution in [1.82, 2.24) is 9.97 Å². The maximum absolute atomic E-state index is 6.59. The highest BCUT2D eigenvalue weighted by atomic mass is 16.3. The first-order chi connectivity index (χ1) is 30.0. The van der Waals surface area contributed by atoms with Crippen LogP contribution in [-0.2, 0) is 5.41 Å². The zero-order valence-corrected chi connectivity index (χ0v) is 33.5. The molecule has 4 heteroatoms. The molecule has 0 fully saturated rings. The monoisotopic (exact) mass is 780 g/mol. The van der Waals surface area contributed by atoms with Crippen molar-refractivity contribution in [2.45, 2.75) is 19.3 Å².